The van der Waals surface area contributed by atoms with Crippen LogP contribution in [-0.2, 0) is 0 Å². The summed E-state index contributed by atoms with van der Waals surface area (Å²) in [5, 5.41) is 3.27. The molecular formula is C7H14ClFN2. The SMILES string of the molecule is Cl.F[C@@H]1C[C@H]2CNCCN2C1. The van der Waals surface area contributed by atoms with E-state index in [2.05, 4.69) is 10.2 Å². The molecule has 2 nitrogen and oxygen atoms in total. The molecule has 0 aromatic rings. The van der Waals surface area contributed by atoms with Gasteiger partial charge in [-0.3, -0.25) is 4.90 Å². The fourth-order valence-corrected chi connectivity index (χ4v) is 1.90. The largest absolute Gasteiger partial charge is 0.314 e. The summed E-state index contributed by atoms with van der Waals surface area (Å²) in [7, 11) is 0. The van der Waals surface area contributed by atoms with Crippen molar-refractivity contribution in [2.75, 3.05) is 26.2 Å². The third-order valence-corrected chi connectivity index (χ3v) is 2.43. The van der Waals surface area contributed by atoms with E-state index < -0.39 is 6.17 Å². The number of nitrogens with one attached hydrogen (secondary N) is 1. The lowest BCUT2D eigenvalue weighted by atomic mass is 10.2. The summed E-state index contributed by atoms with van der Waals surface area (Å²) in [5.41, 5.74) is 0. The van der Waals surface area contributed by atoms with Crippen molar-refractivity contribution in [3.05, 3.63) is 0 Å². The summed E-state index contributed by atoms with van der Waals surface area (Å²) in [4.78, 5) is 2.25. The maximum atomic E-state index is 12.8. The van der Waals surface area contributed by atoms with Gasteiger partial charge in [0.1, 0.15) is 6.17 Å². The molecule has 2 aliphatic heterocycles. The maximum Gasteiger partial charge on any atom is 0.114 e. The standard InChI is InChI=1S/C7H13FN2.ClH/c8-6-3-7-4-9-1-2-10(7)5-6;/h6-7,9H,1-5H2;1H/t6-,7+;/m1./s1. The van der Waals surface area contributed by atoms with Crippen molar-refractivity contribution in [1.29, 1.82) is 0 Å². The van der Waals surface area contributed by atoms with Gasteiger partial charge in [0.05, 0.1) is 0 Å². The van der Waals surface area contributed by atoms with E-state index in [1.807, 2.05) is 0 Å². The highest BCUT2D eigenvalue weighted by Crippen LogP contribution is 2.20. The van der Waals surface area contributed by atoms with Crippen LogP contribution in [0.5, 0.6) is 0 Å². The molecule has 0 spiro atoms. The highest BCUT2D eigenvalue weighted by molar-refractivity contribution is 5.85. The second-order valence-corrected chi connectivity index (χ2v) is 3.19. The Labute approximate surface area is 72.5 Å². The van der Waals surface area contributed by atoms with Crippen LogP contribution in [0.25, 0.3) is 0 Å². The Hall–Kier alpha value is 0.140. The predicted molar refractivity (Wildman–Crippen MR) is 45.0 cm³/mol. The van der Waals surface area contributed by atoms with Crippen LogP contribution in [0.1, 0.15) is 6.42 Å². The number of alkyl halides is 1. The Morgan fingerprint density at radius 1 is 1.45 bits per heavy atom. The number of hydrogen-bond acceptors (Lipinski definition) is 2. The summed E-state index contributed by atoms with van der Waals surface area (Å²) in [6, 6.07) is 0.490. The number of piperazine rings is 1. The minimum atomic E-state index is -0.565. The molecule has 2 saturated heterocycles. The van der Waals surface area contributed by atoms with Crippen LogP contribution in [0.3, 0.4) is 0 Å². The van der Waals surface area contributed by atoms with Crippen molar-refractivity contribution < 1.29 is 4.39 Å². The van der Waals surface area contributed by atoms with Crippen LogP contribution in [0.2, 0.25) is 0 Å². The van der Waals surface area contributed by atoms with Crippen LogP contribution in [0.15, 0.2) is 0 Å². The van der Waals surface area contributed by atoms with Crippen LogP contribution in [0, 0.1) is 0 Å². The molecule has 2 aliphatic rings. The lowest BCUT2D eigenvalue weighted by Gasteiger charge is -2.29. The zero-order valence-corrected chi connectivity index (χ0v) is 7.24. The van der Waals surface area contributed by atoms with E-state index in [0.717, 1.165) is 26.1 Å². The van der Waals surface area contributed by atoms with E-state index in [1.165, 1.54) is 0 Å². The van der Waals surface area contributed by atoms with Gasteiger partial charge in [-0.05, 0) is 6.42 Å². The minimum absolute atomic E-state index is 0. The van der Waals surface area contributed by atoms with Gasteiger partial charge in [0.2, 0.25) is 0 Å². The summed E-state index contributed by atoms with van der Waals surface area (Å²) in [6.07, 6.45) is 0.178. The minimum Gasteiger partial charge on any atom is -0.314 e. The smallest absolute Gasteiger partial charge is 0.114 e. The number of halogens is 2. The van der Waals surface area contributed by atoms with Crippen LogP contribution in [0.4, 0.5) is 4.39 Å². The topological polar surface area (TPSA) is 15.3 Å². The molecule has 2 heterocycles. The number of rotatable bonds is 0. The lowest BCUT2D eigenvalue weighted by Crippen LogP contribution is -2.47. The summed E-state index contributed by atoms with van der Waals surface area (Å²) < 4.78 is 12.8. The van der Waals surface area contributed by atoms with Crippen molar-refractivity contribution in [2.24, 2.45) is 0 Å². The van der Waals surface area contributed by atoms with Gasteiger partial charge in [-0.15, -0.1) is 12.4 Å². The molecule has 0 aromatic heterocycles. The van der Waals surface area contributed by atoms with E-state index in [1.54, 1.807) is 0 Å². The quantitative estimate of drug-likeness (QED) is 0.582. The van der Waals surface area contributed by atoms with Crippen molar-refractivity contribution >= 4 is 12.4 Å². The molecule has 0 amide bonds. The Morgan fingerprint density at radius 3 is 3.00 bits per heavy atom. The molecular weight excluding hydrogens is 167 g/mol. The molecule has 0 saturated carbocycles. The zero-order chi connectivity index (χ0) is 6.97. The van der Waals surface area contributed by atoms with E-state index in [9.17, 15) is 4.39 Å². The first-order valence-corrected chi connectivity index (χ1v) is 3.95. The summed E-state index contributed by atoms with van der Waals surface area (Å²) in [6.45, 7) is 3.72. The average Bonchev–Trinajstić information content (AvgIpc) is 2.27. The molecule has 11 heavy (non-hydrogen) atoms. The predicted octanol–water partition coefficient (Wildman–Crippen LogP) is 0.424. The Morgan fingerprint density at radius 2 is 2.27 bits per heavy atom. The first-order valence-electron chi connectivity index (χ1n) is 3.95. The van der Waals surface area contributed by atoms with Crippen molar-refractivity contribution in [1.82, 2.24) is 10.2 Å². The molecule has 66 valence electrons. The van der Waals surface area contributed by atoms with Crippen LogP contribution < -0.4 is 5.32 Å². The highest BCUT2D eigenvalue weighted by Gasteiger charge is 2.32. The Kier molecular flexibility index (Phi) is 3.10. The molecule has 2 rings (SSSR count). The van der Waals surface area contributed by atoms with Gasteiger partial charge >= 0.3 is 0 Å². The van der Waals surface area contributed by atoms with Gasteiger partial charge < -0.3 is 5.32 Å². The molecule has 0 aliphatic carbocycles. The Balaban J connectivity index is 0.000000605. The third kappa shape index (κ3) is 1.83. The highest BCUT2D eigenvalue weighted by atomic mass is 35.5. The molecule has 0 aromatic carbocycles. The van der Waals surface area contributed by atoms with E-state index >= 15 is 0 Å². The van der Waals surface area contributed by atoms with E-state index in [-0.39, 0.29) is 12.4 Å². The molecule has 0 unspecified atom stereocenters. The fourth-order valence-electron chi connectivity index (χ4n) is 1.90. The van der Waals surface area contributed by atoms with Gasteiger partial charge in [-0.1, -0.05) is 0 Å². The first kappa shape index (κ1) is 9.23. The second-order valence-electron chi connectivity index (χ2n) is 3.19. The van der Waals surface area contributed by atoms with Gasteiger partial charge in [-0.25, -0.2) is 4.39 Å². The van der Waals surface area contributed by atoms with Crippen LogP contribution in [-0.4, -0.2) is 43.3 Å². The maximum absolute atomic E-state index is 12.8. The van der Waals surface area contributed by atoms with Crippen molar-refractivity contribution in [2.45, 2.75) is 18.6 Å². The molecule has 2 fully saturated rings. The molecule has 1 N–H and O–H groups in total. The van der Waals surface area contributed by atoms with Gasteiger partial charge in [-0.2, -0.15) is 0 Å². The molecule has 0 bridgehead atoms. The van der Waals surface area contributed by atoms with Gasteiger partial charge in [0.15, 0.2) is 0 Å². The zero-order valence-electron chi connectivity index (χ0n) is 6.42. The monoisotopic (exact) mass is 180 g/mol. The third-order valence-electron chi connectivity index (χ3n) is 2.43. The summed E-state index contributed by atoms with van der Waals surface area (Å²) >= 11 is 0. The van der Waals surface area contributed by atoms with Gasteiger partial charge in [0, 0.05) is 32.2 Å². The molecule has 4 heteroatoms. The number of fused-ring (bicyclic) bond motifs is 1. The molecule has 0 radical (unpaired) electrons. The molecule has 2 atom stereocenters. The Bertz CT molecular complexity index is 120. The lowest BCUT2D eigenvalue weighted by molar-refractivity contribution is 0.207. The normalized spacial score (nSPS) is 37.9. The first-order chi connectivity index (χ1) is 4.86. The second kappa shape index (κ2) is 3.70. The average molecular weight is 181 g/mol. The van der Waals surface area contributed by atoms with Crippen molar-refractivity contribution in [3.63, 3.8) is 0 Å². The van der Waals surface area contributed by atoms with E-state index in [0.29, 0.717) is 12.6 Å². The number of nitrogens with zero attached hydrogens (tertiary/aromatic N) is 1. The van der Waals surface area contributed by atoms with Gasteiger partial charge in [0.25, 0.3) is 0 Å². The van der Waals surface area contributed by atoms with Crippen LogP contribution >= 0.6 is 12.4 Å². The summed E-state index contributed by atoms with van der Waals surface area (Å²) in [5.74, 6) is 0. The van der Waals surface area contributed by atoms with E-state index in [4.69, 9.17) is 0 Å². The fraction of sp³-hybridized carbons (Fsp3) is 1.00. The van der Waals surface area contributed by atoms with Crippen molar-refractivity contribution in [3.8, 4) is 0 Å². The number of hydrogen-bond donors (Lipinski definition) is 1.